The van der Waals surface area contributed by atoms with Crippen LogP contribution < -0.4 is 4.72 Å². The molecule has 92 valence electrons. The van der Waals surface area contributed by atoms with E-state index in [9.17, 15) is 8.60 Å². The molecule has 1 aliphatic rings. The minimum Gasteiger partial charge on any atom is -0.251 e. The molecule has 0 amide bonds. The van der Waals surface area contributed by atoms with Crippen molar-refractivity contribution in [3.8, 4) is 0 Å². The number of aliphatic imine (C=N–C) groups is 1. The van der Waals surface area contributed by atoms with E-state index < -0.39 is 17.3 Å². The standard InChI is InChI=1S/C11H19FN2OS/c1-8(14-16(15)11(2,3)4)9-6-5-7-10(12)13-9/h5-6,8,10,14H,7H2,1-4H3/t8-,10?,16?/m0/s1. The second kappa shape index (κ2) is 5.19. The van der Waals surface area contributed by atoms with Gasteiger partial charge in [-0.2, -0.15) is 0 Å². The molecule has 0 aromatic heterocycles. The van der Waals surface area contributed by atoms with Crippen molar-refractivity contribution in [3.63, 3.8) is 0 Å². The lowest BCUT2D eigenvalue weighted by molar-refractivity contribution is 0.347. The van der Waals surface area contributed by atoms with Crippen LogP contribution in [0.5, 0.6) is 0 Å². The Balaban J connectivity index is 2.63. The van der Waals surface area contributed by atoms with Crippen LogP contribution in [-0.4, -0.2) is 27.0 Å². The average molecular weight is 246 g/mol. The number of hydrogen-bond donors (Lipinski definition) is 1. The SMILES string of the molecule is C[C@H](NS(=O)C(C)(C)C)C1=NC(F)CC=C1. The fraction of sp³-hybridized carbons (Fsp3) is 0.727. The molecule has 1 heterocycles. The van der Waals surface area contributed by atoms with Gasteiger partial charge in [0.1, 0.15) is 0 Å². The third kappa shape index (κ3) is 3.79. The molecule has 0 fully saturated rings. The lowest BCUT2D eigenvalue weighted by atomic mass is 10.1. The van der Waals surface area contributed by atoms with Crippen LogP contribution in [0.4, 0.5) is 4.39 Å². The van der Waals surface area contributed by atoms with Gasteiger partial charge in [0.2, 0.25) is 0 Å². The summed E-state index contributed by atoms with van der Waals surface area (Å²) >= 11 is 0. The minimum absolute atomic E-state index is 0.199. The average Bonchev–Trinajstić information content (AvgIpc) is 2.16. The summed E-state index contributed by atoms with van der Waals surface area (Å²) in [4.78, 5) is 3.88. The molecule has 1 rings (SSSR count). The summed E-state index contributed by atoms with van der Waals surface area (Å²) in [6.07, 6.45) is 2.71. The predicted octanol–water partition coefficient (Wildman–Crippen LogP) is 2.12. The zero-order chi connectivity index (χ0) is 12.3. The minimum atomic E-state index is -1.17. The van der Waals surface area contributed by atoms with Crippen molar-refractivity contribution in [2.75, 3.05) is 0 Å². The topological polar surface area (TPSA) is 41.5 Å². The summed E-state index contributed by atoms with van der Waals surface area (Å²) in [5.41, 5.74) is 0.622. The van der Waals surface area contributed by atoms with Gasteiger partial charge in [0.15, 0.2) is 6.30 Å². The van der Waals surface area contributed by atoms with E-state index in [1.54, 1.807) is 12.2 Å². The third-order valence-electron chi connectivity index (χ3n) is 2.19. The van der Waals surface area contributed by atoms with Gasteiger partial charge in [0, 0.05) is 6.42 Å². The van der Waals surface area contributed by atoms with Gasteiger partial charge in [0.05, 0.1) is 27.5 Å². The van der Waals surface area contributed by atoms with Gasteiger partial charge in [-0.25, -0.2) is 13.3 Å². The third-order valence-corrected chi connectivity index (χ3v) is 3.87. The number of halogens is 1. The monoisotopic (exact) mass is 246 g/mol. The second-order valence-electron chi connectivity index (χ2n) is 4.85. The molecule has 3 atom stereocenters. The van der Waals surface area contributed by atoms with E-state index in [1.807, 2.05) is 27.7 Å². The van der Waals surface area contributed by atoms with Crippen molar-refractivity contribution < 1.29 is 8.60 Å². The Morgan fingerprint density at radius 3 is 2.75 bits per heavy atom. The molecule has 3 nitrogen and oxygen atoms in total. The van der Waals surface area contributed by atoms with Crippen molar-refractivity contribution >= 4 is 16.7 Å². The Kier molecular flexibility index (Phi) is 4.38. The molecule has 0 aromatic carbocycles. The summed E-state index contributed by atoms with van der Waals surface area (Å²) in [6, 6.07) is -0.199. The first-order valence-electron chi connectivity index (χ1n) is 5.37. The highest BCUT2D eigenvalue weighted by Crippen LogP contribution is 2.13. The van der Waals surface area contributed by atoms with Crippen LogP contribution in [0.25, 0.3) is 0 Å². The number of rotatable bonds is 3. The van der Waals surface area contributed by atoms with E-state index in [-0.39, 0.29) is 10.8 Å². The van der Waals surface area contributed by atoms with Gasteiger partial charge in [0.25, 0.3) is 0 Å². The van der Waals surface area contributed by atoms with E-state index in [0.717, 1.165) is 0 Å². The molecule has 0 aliphatic carbocycles. The maximum Gasteiger partial charge on any atom is 0.193 e. The summed E-state index contributed by atoms with van der Waals surface area (Å²) < 4.78 is 27.5. The summed E-state index contributed by atoms with van der Waals surface area (Å²) in [5.74, 6) is 0. The Morgan fingerprint density at radius 2 is 2.25 bits per heavy atom. The van der Waals surface area contributed by atoms with Crippen molar-refractivity contribution in [2.24, 2.45) is 4.99 Å². The molecule has 0 radical (unpaired) electrons. The van der Waals surface area contributed by atoms with Crippen LogP contribution in [0.2, 0.25) is 0 Å². The lowest BCUT2D eigenvalue weighted by Gasteiger charge is -2.23. The maximum atomic E-state index is 13.0. The summed E-state index contributed by atoms with van der Waals surface area (Å²) in [5, 5.41) is 0. The van der Waals surface area contributed by atoms with Crippen molar-refractivity contribution in [3.05, 3.63) is 12.2 Å². The number of nitrogens with zero attached hydrogens (tertiary/aromatic N) is 1. The molecule has 2 unspecified atom stereocenters. The smallest absolute Gasteiger partial charge is 0.193 e. The quantitative estimate of drug-likeness (QED) is 0.761. The molecule has 1 aliphatic heterocycles. The maximum absolute atomic E-state index is 13.0. The van der Waals surface area contributed by atoms with Crippen LogP contribution in [0, 0.1) is 0 Å². The fourth-order valence-corrected chi connectivity index (χ4v) is 2.01. The van der Waals surface area contributed by atoms with E-state index >= 15 is 0 Å². The molecule has 5 heteroatoms. The van der Waals surface area contributed by atoms with Crippen LogP contribution in [0.1, 0.15) is 34.1 Å². The second-order valence-corrected chi connectivity index (χ2v) is 6.85. The number of dihydropyridines is 1. The number of nitrogens with one attached hydrogen (secondary N) is 1. The molecular formula is C11H19FN2OS. The predicted molar refractivity (Wildman–Crippen MR) is 66.6 cm³/mol. The van der Waals surface area contributed by atoms with Crippen molar-refractivity contribution in [1.82, 2.24) is 4.72 Å². The van der Waals surface area contributed by atoms with Crippen LogP contribution in [0.3, 0.4) is 0 Å². The first-order valence-corrected chi connectivity index (χ1v) is 6.52. The van der Waals surface area contributed by atoms with Crippen molar-refractivity contribution in [1.29, 1.82) is 0 Å². The normalized spacial score (nSPS) is 25.1. The fourth-order valence-electron chi connectivity index (χ4n) is 1.21. The van der Waals surface area contributed by atoms with E-state index in [4.69, 9.17) is 0 Å². The Morgan fingerprint density at radius 1 is 1.62 bits per heavy atom. The Bertz CT molecular complexity index is 333. The molecule has 0 spiro atoms. The molecular weight excluding hydrogens is 227 g/mol. The largest absolute Gasteiger partial charge is 0.251 e. The van der Waals surface area contributed by atoms with Crippen LogP contribution in [0.15, 0.2) is 17.1 Å². The highest BCUT2D eigenvalue weighted by molar-refractivity contribution is 7.84. The molecule has 0 saturated carbocycles. The molecule has 0 saturated heterocycles. The molecule has 1 N–H and O–H groups in total. The molecule has 16 heavy (non-hydrogen) atoms. The number of alkyl halides is 1. The van der Waals surface area contributed by atoms with Gasteiger partial charge in [-0.15, -0.1) is 0 Å². The zero-order valence-electron chi connectivity index (χ0n) is 10.2. The first kappa shape index (κ1) is 13.5. The molecule has 0 aromatic rings. The van der Waals surface area contributed by atoms with Gasteiger partial charge in [-0.05, 0) is 33.8 Å². The Hall–Kier alpha value is -0.550. The van der Waals surface area contributed by atoms with Gasteiger partial charge >= 0.3 is 0 Å². The summed E-state index contributed by atoms with van der Waals surface area (Å²) in [7, 11) is -1.17. The number of hydrogen-bond acceptors (Lipinski definition) is 2. The Labute approximate surface area is 98.8 Å². The first-order chi connectivity index (χ1) is 7.30. The van der Waals surface area contributed by atoms with E-state index in [2.05, 4.69) is 9.71 Å². The van der Waals surface area contributed by atoms with E-state index in [1.165, 1.54) is 0 Å². The highest BCUT2D eigenvalue weighted by atomic mass is 32.2. The molecule has 0 bridgehead atoms. The van der Waals surface area contributed by atoms with Gasteiger partial charge < -0.3 is 0 Å². The summed E-state index contributed by atoms with van der Waals surface area (Å²) in [6.45, 7) is 7.50. The van der Waals surface area contributed by atoms with Gasteiger partial charge in [-0.3, -0.25) is 4.99 Å². The van der Waals surface area contributed by atoms with Gasteiger partial charge in [-0.1, -0.05) is 6.08 Å². The highest BCUT2D eigenvalue weighted by Gasteiger charge is 2.23. The van der Waals surface area contributed by atoms with Crippen molar-refractivity contribution in [2.45, 2.75) is 51.2 Å². The zero-order valence-corrected chi connectivity index (χ0v) is 11.0. The van der Waals surface area contributed by atoms with E-state index in [0.29, 0.717) is 12.1 Å². The van der Waals surface area contributed by atoms with Crippen LogP contribution >= 0.6 is 0 Å². The lowest BCUT2D eigenvalue weighted by Crippen LogP contribution is -2.42. The van der Waals surface area contributed by atoms with Crippen LogP contribution in [-0.2, 0) is 11.0 Å².